The molecular formula is C40H50ClN5O8S2. The average molecular weight is 828 g/mol. The summed E-state index contributed by atoms with van der Waals surface area (Å²) in [4.78, 5) is 40.4. The van der Waals surface area contributed by atoms with E-state index in [2.05, 4.69) is 20.1 Å². The Balaban J connectivity index is 1.03. The van der Waals surface area contributed by atoms with Gasteiger partial charge >= 0.3 is 11.9 Å². The molecule has 4 atom stereocenters. The number of rotatable bonds is 18. The Morgan fingerprint density at radius 3 is 2.46 bits per heavy atom. The van der Waals surface area contributed by atoms with Crippen LogP contribution in [0.3, 0.4) is 0 Å². The lowest BCUT2D eigenvalue weighted by Crippen LogP contribution is -2.53. The molecule has 0 bridgehead atoms. The van der Waals surface area contributed by atoms with Gasteiger partial charge in [-0.1, -0.05) is 79.7 Å². The predicted octanol–water partition coefficient (Wildman–Crippen LogP) is 5.72. The van der Waals surface area contributed by atoms with Crippen molar-refractivity contribution in [3.63, 3.8) is 0 Å². The number of nitrogens with zero attached hydrogens (tertiary/aromatic N) is 1. The van der Waals surface area contributed by atoms with Crippen molar-refractivity contribution in [2.75, 3.05) is 25.1 Å². The predicted molar refractivity (Wildman–Crippen MR) is 215 cm³/mol. The largest absolute Gasteiger partial charge is 0.490 e. The highest BCUT2D eigenvalue weighted by atomic mass is 35.5. The van der Waals surface area contributed by atoms with Crippen molar-refractivity contribution in [2.45, 2.75) is 105 Å². The Bertz CT molecular complexity index is 1930. The molecule has 56 heavy (non-hydrogen) atoms. The normalized spacial score (nSPS) is 19.5. The zero-order valence-corrected chi connectivity index (χ0v) is 33.8. The monoisotopic (exact) mass is 827 g/mol. The lowest BCUT2D eigenvalue weighted by atomic mass is 10.0. The summed E-state index contributed by atoms with van der Waals surface area (Å²) in [6, 6.07) is 17.2. The molecule has 0 spiro atoms. The van der Waals surface area contributed by atoms with E-state index in [4.69, 9.17) is 21.1 Å². The van der Waals surface area contributed by atoms with E-state index in [-0.39, 0.29) is 48.2 Å². The fourth-order valence-electron chi connectivity index (χ4n) is 7.46. The average Bonchev–Trinajstić information content (AvgIpc) is 3.91. The zero-order valence-electron chi connectivity index (χ0n) is 31.4. The third kappa shape index (κ3) is 11.2. The Labute approximate surface area is 337 Å². The minimum absolute atomic E-state index is 0.00379. The molecule has 1 amide bonds. The zero-order chi connectivity index (χ0) is 39.7. The minimum Gasteiger partial charge on any atom is -0.490 e. The summed E-state index contributed by atoms with van der Waals surface area (Å²) >= 11 is 7.95. The van der Waals surface area contributed by atoms with E-state index in [1.807, 2.05) is 42.5 Å². The van der Waals surface area contributed by atoms with Crippen LogP contribution in [-0.4, -0.2) is 80.3 Å². The van der Waals surface area contributed by atoms with E-state index >= 15 is 0 Å². The number of aliphatic carboxylic acids is 1. The molecule has 1 unspecified atom stereocenters. The third-order valence-corrected chi connectivity index (χ3v) is 13.3. The molecule has 1 aliphatic carbocycles. The number of amides is 1. The molecule has 2 heterocycles. The molecule has 6 rings (SSSR count). The van der Waals surface area contributed by atoms with Crippen LogP contribution < -0.4 is 24.8 Å². The fourth-order valence-corrected chi connectivity index (χ4v) is 9.94. The molecule has 16 heteroatoms. The number of hydrogen-bond donors (Lipinski definition) is 5. The van der Waals surface area contributed by atoms with Gasteiger partial charge in [-0.25, -0.2) is 22.7 Å². The van der Waals surface area contributed by atoms with Crippen LogP contribution in [0.15, 0.2) is 76.5 Å². The Hall–Kier alpha value is -3.86. The number of hydrogen-bond acceptors (Lipinski definition) is 11. The Morgan fingerprint density at radius 1 is 1.00 bits per heavy atom. The second-order valence-corrected chi connectivity index (χ2v) is 17.6. The molecule has 1 saturated carbocycles. The Kier molecular flexibility index (Phi) is 14.6. The van der Waals surface area contributed by atoms with Crippen molar-refractivity contribution >= 4 is 57.1 Å². The number of likely N-dealkylation sites (tertiary alicyclic amines) is 1. The van der Waals surface area contributed by atoms with Crippen molar-refractivity contribution in [2.24, 2.45) is 5.92 Å². The molecular weight excluding hydrogens is 778 g/mol. The third-order valence-electron chi connectivity index (χ3n) is 10.5. The van der Waals surface area contributed by atoms with Gasteiger partial charge in [-0.2, -0.15) is 0 Å². The fraction of sp³-hybridized carbons (Fsp3) is 0.475. The summed E-state index contributed by atoms with van der Waals surface area (Å²) in [6.07, 6.45) is 7.84. The first-order valence-electron chi connectivity index (χ1n) is 19.2. The summed E-state index contributed by atoms with van der Waals surface area (Å²) in [5, 5.41) is 16.3. The highest BCUT2D eigenvalue weighted by Gasteiger charge is 2.37. The molecule has 3 aromatic carbocycles. The SMILES string of the molecule is C[C@H](N[C@@H](CCc1ccc(CNS(=O)(=O)c2cc3c(cc2Cl)NC(CC2CCCC2)NS3)cc1)C(=O)OCCOc1ccccc1)C(=O)N1CCC[C@H]1C(=O)O. The summed E-state index contributed by atoms with van der Waals surface area (Å²) < 4.78 is 44.0. The van der Waals surface area contributed by atoms with Gasteiger partial charge in [0.1, 0.15) is 35.9 Å². The number of para-hydroxylation sites is 1. The van der Waals surface area contributed by atoms with Gasteiger partial charge in [-0.3, -0.25) is 14.9 Å². The van der Waals surface area contributed by atoms with Gasteiger partial charge in [-0.15, -0.1) is 0 Å². The van der Waals surface area contributed by atoms with Crippen LogP contribution in [0.2, 0.25) is 5.02 Å². The molecule has 13 nitrogen and oxygen atoms in total. The van der Waals surface area contributed by atoms with Gasteiger partial charge in [-0.05, 0) is 92.3 Å². The maximum atomic E-state index is 13.4. The number of aryl methyl sites for hydroxylation is 1. The minimum atomic E-state index is -3.94. The summed E-state index contributed by atoms with van der Waals surface area (Å²) in [5.74, 6) is -0.664. The number of carbonyl (C=O) groups is 3. The first-order valence-corrected chi connectivity index (χ1v) is 21.9. The van der Waals surface area contributed by atoms with Crippen LogP contribution >= 0.6 is 23.5 Å². The van der Waals surface area contributed by atoms with Crippen LogP contribution in [0.4, 0.5) is 5.69 Å². The highest BCUT2D eigenvalue weighted by Crippen LogP contribution is 2.38. The van der Waals surface area contributed by atoms with Crippen LogP contribution in [0.1, 0.15) is 69.4 Å². The second-order valence-electron chi connectivity index (χ2n) is 14.6. The smallest absolute Gasteiger partial charge is 0.326 e. The summed E-state index contributed by atoms with van der Waals surface area (Å²) in [6.45, 7) is 2.13. The van der Waals surface area contributed by atoms with E-state index in [9.17, 15) is 27.9 Å². The first-order chi connectivity index (χ1) is 27.0. The quantitative estimate of drug-likeness (QED) is 0.0600. The maximum absolute atomic E-state index is 13.4. The number of esters is 1. The number of nitrogens with one attached hydrogen (secondary N) is 4. The van der Waals surface area contributed by atoms with Gasteiger partial charge in [0.15, 0.2) is 0 Å². The van der Waals surface area contributed by atoms with Crippen LogP contribution in [-0.2, 0) is 42.1 Å². The van der Waals surface area contributed by atoms with Gasteiger partial charge in [0.2, 0.25) is 15.9 Å². The van der Waals surface area contributed by atoms with Gasteiger partial charge in [0, 0.05) is 18.0 Å². The molecule has 0 aromatic heterocycles. The van der Waals surface area contributed by atoms with Crippen molar-refractivity contribution < 1.29 is 37.4 Å². The number of carbonyl (C=O) groups excluding carboxylic acids is 2. The molecule has 3 aromatic rings. The number of halogens is 1. The topological polar surface area (TPSA) is 175 Å². The van der Waals surface area contributed by atoms with E-state index < -0.39 is 40.1 Å². The van der Waals surface area contributed by atoms with E-state index in [1.54, 1.807) is 31.2 Å². The molecule has 3 aliphatic rings. The highest BCUT2D eigenvalue weighted by molar-refractivity contribution is 7.97. The van der Waals surface area contributed by atoms with E-state index in [0.717, 1.165) is 28.1 Å². The number of sulfonamides is 1. The molecule has 5 N–H and O–H groups in total. The van der Waals surface area contributed by atoms with E-state index in [1.165, 1.54) is 42.5 Å². The molecule has 302 valence electrons. The summed E-state index contributed by atoms with van der Waals surface area (Å²) in [5.41, 5.74) is 2.43. The molecule has 1 saturated heterocycles. The van der Waals surface area contributed by atoms with Crippen molar-refractivity contribution in [3.05, 3.63) is 82.9 Å². The number of fused-ring (bicyclic) bond motifs is 1. The van der Waals surface area contributed by atoms with Crippen molar-refractivity contribution in [1.29, 1.82) is 0 Å². The van der Waals surface area contributed by atoms with Gasteiger partial charge in [0.25, 0.3) is 0 Å². The van der Waals surface area contributed by atoms with Gasteiger partial charge < -0.3 is 24.8 Å². The van der Waals surface area contributed by atoms with Crippen LogP contribution in [0.5, 0.6) is 5.75 Å². The van der Waals surface area contributed by atoms with Gasteiger partial charge in [0.05, 0.1) is 22.9 Å². The number of anilines is 1. The second kappa shape index (κ2) is 19.5. The first kappa shape index (κ1) is 41.8. The van der Waals surface area contributed by atoms with E-state index in [0.29, 0.717) is 37.5 Å². The lowest BCUT2D eigenvalue weighted by Gasteiger charge is -2.29. The number of ether oxygens (including phenoxy) is 2. The molecule has 0 radical (unpaired) electrons. The summed E-state index contributed by atoms with van der Waals surface area (Å²) in [7, 11) is -3.94. The molecule has 2 aliphatic heterocycles. The van der Waals surface area contributed by atoms with Crippen molar-refractivity contribution in [1.82, 2.24) is 19.7 Å². The number of benzene rings is 3. The Morgan fingerprint density at radius 2 is 1.73 bits per heavy atom. The number of carboxylic acid groups (broad SMARTS) is 1. The maximum Gasteiger partial charge on any atom is 0.326 e. The number of carboxylic acids is 1. The molecule has 2 fully saturated rings. The standard InChI is InChI=1S/C40H50ClN5O8S2/c1-26(38(47)46-19-7-12-34(46)39(48)49)43-32(40(50)54-21-20-53-30-10-3-2-4-11-30)18-17-27-13-15-29(16-14-27)25-42-56(51,52)36-24-35-33(23-31(36)41)44-37(45-55-35)22-28-8-5-6-9-28/h2-4,10-11,13-16,23-24,26,28,32,34,37,42-45H,5-9,12,17-22,25H2,1H3,(H,48,49)/t26-,32-,34-,37?/m0/s1. The van der Waals surface area contributed by atoms with Crippen molar-refractivity contribution in [3.8, 4) is 5.75 Å². The van der Waals surface area contributed by atoms with Crippen LogP contribution in [0.25, 0.3) is 0 Å². The lowest BCUT2D eigenvalue weighted by molar-refractivity contribution is -0.150. The van der Waals surface area contributed by atoms with Crippen LogP contribution in [0, 0.1) is 5.92 Å².